The Morgan fingerprint density at radius 1 is 1.35 bits per heavy atom. The van der Waals surface area contributed by atoms with Gasteiger partial charge in [-0.2, -0.15) is 0 Å². The van der Waals surface area contributed by atoms with Crippen molar-refractivity contribution in [3.63, 3.8) is 0 Å². The van der Waals surface area contributed by atoms with Crippen molar-refractivity contribution in [3.8, 4) is 0 Å². The number of carbonyl (C=O) groups excluding carboxylic acids is 2. The van der Waals surface area contributed by atoms with E-state index >= 15 is 0 Å². The van der Waals surface area contributed by atoms with Gasteiger partial charge in [-0.05, 0) is 24.6 Å². The van der Waals surface area contributed by atoms with E-state index in [0.717, 1.165) is 29.5 Å². The molecule has 0 aliphatic carbocycles. The van der Waals surface area contributed by atoms with Crippen LogP contribution in [0.5, 0.6) is 0 Å². The molecule has 0 unspecified atom stereocenters. The van der Waals surface area contributed by atoms with E-state index in [1.54, 1.807) is 29.5 Å². The summed E-state index contributed by atoms with van der Waals surface area (Å²) < 4.78 is 5.34. The maximum absolute atomic E-state index is 12.1. The lowest BCUT2D eigenvalue weighted by molar-refractivity contribution is 0.1000. The Kier molecular flexibility index (Phi) is 5.69. The van der Waals surface area contributed by atoms with E-state index in [2.05, 4.69) is 20.5 Å². The van der Waals surface area contributed by atoms with Crippen LogP contribution in [0.15, 0.2) is 23.6 Å². The average Bonchev–Trinajstić information content (AvgIpc) is 3.11. The van der Waals surface area contributed by atoms with Gasteiger partial charge in [0.15, 0.2) is 5.13 Å². The lowest BCUT2D eigenvalue weighted by Gasteiger charge is -2.26. The van der Waals surface area contributed by atoms with E-state index in [1.807, 2.05) is 12.3 Å². The Morgan fingerprint density at radius 2 is 2.12 bits per heavy atom. The Morgan fingerprint density at radius 3 is 2.85 bits per heavy atom. The quantitative estimate of drug-likeness (QED) is 0.737. The molecular weight excluding hydrogens is 354 g/mol. The van der Waals surface area contributed by atoms with Gasteiger partial charge in [0.2, 0.25) is 5.91 Å². The standard InChI is InChI=1S/C17H21N5O3S/c1-11-2-3-12(15(18)23)8-14(11)21-16(24)19-9-13-10-26-17(20-13)22-4-6-25-7-5-22/h2-3,8,10H,4-7,9H2,1H3,(H2,18,23)(H2,19,21,24). The number of nitrogens with one attached hydrogen (secondary N) is 2. The normalized spacial score (nSPS) is 14.1. The highest BCUT2D eigenvalue weighted by atomic mass is 32.1. The highest BCUT2D eigenvalue weighted by Gasteiger charge is 2.15. The summed E-state index contributed by atoms with van der Waals surface area (Å²) in [6.45, 7) is 5.24. The van der Waals surface area contributed by atoms with E-state index in [4.69, 9.17) is 10.5 Å². The lowest BCUT2D eigenvalue weighted by atomic mass is 10.1. The van der Waals surface area contributed by atoms with Gasteiger partial charge in [-0.1, -0.05) is 6.07 Å². The number of carbonyl (C=O) groups is 2. The minimum atomic E-state index is -0.536. The van der Waals surface area contributed by atoms with Crippen LogP contribution in [-0.4, -0.2) is 43.2 Å². The molecule has 2 aromatic rings. The van der Waals surface area contributed by atoms with Crippen LogP contribution in [0.2, 0.25) is 0 Å². The number of rotatable bonds is 5. The number of nitrogens with two attached hydrogens (primary N) is 1. The Bertz CT molecular complexity index is 801. The highest BCUT2D eigenvalue weighted by molar-refractivity contribution is 7.13. The zero-order valence-corrected chi connectivity index (χ0v) is 15.3. The number of hydrogen-bond donors (Lipinski definition) is 3. The highest BCUT2D eigenvalue weighted by Crippen LogP contribution is 2.21. The summed E-state index contributed by atoms with van der Waals surface area (Å²) in [7, 11) is 0. The number of urea groups is 1. The fraction of sp³-hybridized carbons (Fsp3) is 0.353. The first kappa shape index (κ1) is 18.2. The van der Waals surface area contributed by atoms with Crippen LogP contribution in [0, 0.1) is 6.92 Å². The van der Waals surface area contributed by atoms with Crippen molar-refractivity contribution in [1.82, 2.24) is 10.3 Å². The van der Waals surface area contributed by atoms with Crippen molar-refractivity contribution in [3.05, 3.63) is 40.4 Å². The molecule has 3 rings (SSSR count). The van der Waals surface area contributed by atoms with Crippen molar-refractivity contribution >= 4 is 34.1 Å². The number of aryl methyl sites for hydroxylation is 1. The second-order valence-corrected chi connectivity index (χ2v) is 6.76. The largest absolute Gasteiger partial charge is 0.378 e. The molecule has 1 aromatic heterocycles. The summed E-state index contributed by atoms with van der Waals surface area (Å²) in [5, 5.41) is 8.39. The molecule has 138 valence electrons. The molecule has 26 heavy (non-hydrogen) atoms. The van der Waals surface area contributed by atoms with E-state index in [9.17, 15) is 9.59 Å². The zero-order valence-electron chi connectivity index (χ0n) is 14.4. The number of thiazole rings is 1. The molecule has 1 fully saturated rings. The van der Waals surface area contributed by atoms with Crippen molar-refractivity contribution in [1.29, 1.82) is 0 Å². The number of aromatic nitrogens is 1. The molecule has 0 radical (unpaired) electrons. The fourth-order valence-corrected chi connectivity index (χ4v) is 3.40. The van der Waals surface area contributed by atoms with Crippen LogP contribution in [0.25, 0.3) is 0 Å². The molecule has 0 bridgehead atoms. The third-order valence-corrected chi connectivity index (χ3v) is 4.97. The van der Waals surface area contributed by atoms with E-state index < -0.39 is 5.91 Å². The van der Waals surface area contributed by atoms with Crippen molar-refractivity contribution in [2.75, 3.05) is 36.5 Å². The number of ether oxygens (including phenoxy) is 1. The van der Waals surface area contributed by atoms with Gasteiger partial charge in [0.25, 0.3) is 0 Å². The van der Waals surface area contributed by atoms with Gasteiger partial charge in [0.1, 0.15) is 0 Å². The van der Waals surface area contributed by atoms with Gasteiger partial charge in [0, 0.05) is 29.7 Å². The van der Waals surface area contributed by atoms with Crippen LogP contribution in [-0.2, 0) is 11.3 Å². The van der Waals surface area contributed by atoms with Gasteiger partial charge >= 0.3 is 6.03 Å². The monoisotopic (exact) mass is 375 g/mol. The molecular formula is C17H21N5O3S. The molecule has 1 saturated heterocycles. The summed E-state index contributed by atoms with van der Waals surface area (Å²) in [6, 6.07) is 4.57. The summed E-state index contributed by atoms with van der Waals surface area (Å²) in [5.74, 6) is -0.536. The summed E-state index contributed by atoms with van der Waals surface area (Å²) in [6.07, 6.45) is 0. The smallest absolute Gasteiger partial charge is 0.319 e. The second kappa shape index (κ2) is 8.15. The number of anilines is 2. The molecule has 3 amide bonds. The van der Waals surface area contributed by atoms with Crippen LogP contribution in [0.4, 0.5) is 15.6 Å². The maximum atomic E-state index is 12.1. The molecule has 0 atom stereocenters. The third kappa shape index (κ3) is 4.50. The van der Waals surface area contributed by atoms with Crippen molar-refractivity contribution in [2.45, 2.75) is 13.5 Å². The predicted octanol–water partition coefficient (Wildman–Crippen LogP) is 1.71. The molecule has 4 N–H and O–H groups in total. The minimum absolute atomic E-state index is 0.321. The Hall–Kier alpha value is -2.65. The first-order valence-corrected chi connectivity index (χ1v) is 9.13. The number of primary amides is 1. The second-order valence-electron chi connectivity index (χ2n) is 5.92. The van der Waals surface area contributed by atoms with Crippen LogP contribution >= 0.6 is 11.3 Å². The summed E-state index contributed by atoms with van der Waals surface area (Å²) in [4.78, 5) is 30.1. The van der Waals surface area contributed by atoms with Gasteiger partial charge in [-0.25, -0.2) is 9.78 Å². The lowest BCUT2D eigenvalue weighted by Crippen LogP contribution is -2.36. The number of nitrogens with zero attached hydrogens (tertiary/aromatic N) is 2. The van der Waals surface area contributed by atoms with Crippen LogP contribution < -0.4 is 21.3 Å². The SMILES string of the molecule is Cc1ccc(C(N)=O)cc1NC(=O)NCc1csc(N2CCOCC2)n1. The van der Waals surface area contributed by atoms with Crippen LogP contribution in [0.1, 0.15) is 21.6 Å². The third-order valence-electron chi connectivity index (χ3n) is 4.02. The first-order valence-electron chi connectivity index (χ1n) is 8.25. The fourth-order valence-electron chi connectivity index (χ4n) is 2.52. The van der Waals surface area contributed by atoms with Gasteiger partial charge < -0.3 is 26.0 Å². The maximum Gasteiger partial charge on any atom is 0.319 e. The number of hydrogen-bond acceptors (Lipinski definition) is 6. The van der Waals surface area contributed by atoms with Gasteiger partial charge in [-0.15, -0.1) is 11.3 Å². The summed E-state index contributed by atoms with van der Waals surface area (Å²) in [5.41, 5.74) is 7.81. The molecule has 2 heterocycles. The molecule has 1 aromatic carbocycles. The average molecular weight is 375 g/mol. The van der Waals surface area contributed by atoms with Crippen molar-refractivity contribution < 1.29 is 14.3 Å². The van der Waals surface area contributed by atoms with E-state index in [1.165, 1.54) is 0 Å². The van der Waals surface area contributed by atoms with Gasteiger partial charge in [0.05, 0.1) is 25.5 Å². The Balaban J connectivity index is 1.55. The number of benzene rings is 1. The number of morpholine rings is 1. The molecule has 1 aliphatic rings. The number of amides is 3. The zero-order chi connectivity index (χ0) is 18.5. The predicted molar refractivity (Wildman–Crippen MR) is 101 cm³/mol. The Labute approximate surface area is 155 Å². The van der Waals surface area contributed by atoms with Crippen LogP contribution in [0.3, 0.4) is 0 Å². The minimum Gasteiger partial charge on any atom is -0.378 e. The molecule has 9 heteroatoms. The van der Waals surface area contributed by atoms with Gasteiger partial charge in [-0.3, -0.25) is 4.79 Å². The first-order chi connectivity index (χ1) is 12.5. The topological polar surface area (TPSA) is 110 Å². The van der Waals surface area contributed by atoms with E-state index in [0.29, 0.717) is 31.0 Å². The molecule has 8 nitrogen and oxygen atoms in total. The van der Waals surface area contributed by atoms with Crippen molar-refractivity contribution in [2.24, 2.45) is 5.73 Å². The molecule has 0 saturated carbocycles. The van der Waals surface area contributed by atoms with E-state index in [-0.39, 0.29) is 6.03 Å². The summed E-state index contributed by atoms with van der Waals surface area (Å²) >= 11 is 1.56. The molecule has 0 spiro atoms. The molecule has 1 aliphatic heterocycles.